The highest BCUT2D eigenvalue weighted by Crippen LogP contribution is 2.34. The molecule has 0 bridgehead atoms. The van der Waals surface area contributed by atoms with Crippen LogP contribution in [0.25, 0.3) is 16.9 Å². The maximum atomic E-state index is 13.0. The van der Waals surface area contributed by atoms with Gasteiger partial charge < -0.3 is 28.7 Å². The first-order chi connectivity index (χ1) is 15.7. The van der Waals surface area contributed by atoms with Gasteiger partial charge in [0.1, 0.15) is 35.9 Å². The molecule has 1 N–H and O–H groups in total. The Morgan fingerprint density at radius 3 is 2.47 bits per heavy atom. The number of aromatic nitrogens is 2. The van der Waals surface area contributed by atoms with E-state index in [0.717, 1.165) is 22.7 Å². The van der Waals surface area contributed by atoms with Gasteiger partial charge in [-0.05, 0) is 42.5 Å². The normalized spacial score (nSPS) is 12.4. The Kier molecular flexibility index (Phi) is 5.03. The van der Waals surface area contributed by atoms with Crippen LogP contribution in [-0.2, 0) is 0 Å². The van der Waals surface area contributed by atoms with Gasteiger partial charge in [-0.1, -0.05) is 6.07 Å². The van der Waals surface area contributed by atoms with Crippen molar-refractivity contribution in [1.82, 2.24) is 9.38 Å². The Balaban J connectivity index is 1.43. The Morgan fingerprint density at radius 2 is 1.72 bits per heavy atom. The van der Waals surface area contributed by atoms with Crippen LogP contribution in [-0.4, -0.2) is 42.7 Å². The Bertz CT molecular complexity index is 1290. The number of nitrogens with zero attached hydrogens (tertiary/aromatic N) is 2. The standard InChI is InChI=1S/C24H21N3O5/c1-29-19-4-3-5-20(30-2)23(19)24(28)25-16-7-9-22-26-17(14-27(22)13-16)15-6-8-18-21(12-15)32-11-10-31-18/h3-9,12-14H,10-11H2,1-2H3,(H,25,28). The number of methoxy groups -OCH3 is 2. The van der Waals surface area contributed by atoms with Gasteiger partial charge in [0, 0.05) is 18.0 Å². The van der Waals surface area contributed by atoms with Gasteiger partial charge in [0.25, 0.3) is 5.91 Å². The largest absolute Gasteiger partial charge is 0.496 e. The van der Waals surface area contributed by atoms with Gasteiger partial charge in [-0.2, -0.15) is 0 Å². The molecule has 8 nitrogen and oxygen atoms in total. The maximum Gasteiger partial charge on any atom is 0.263 e. The van der Waals surface area contributed by atoms with Crippen molar-refractivity contribution in [2.75, 3.05) is 32.8 Å². The first kappa shape index (κ1) is 19.7. The van der Waals surface area contributed by atoms with Crippen molar-refractivity contribution in [1.29, 1.82) is 0 Å². The lowest BCUT2D eigenvalue weighted by molar-refractivity contribution is 0.102. The number of anilines is 1. The summed E-state index contributed by atoms with van der Waals surface area (Å²) in [6, 6.07) is 14.6. The van der Waals surface area contributed by atoms with Crippen molar-refractivity contribution in [3.05, 3.63) is 66.5 Å². The molecule has 0 atom stereocenters. The van der Waals surface area contributed by atoms with Gasteiger partial charge in [0.05, 0.1) is 25.6 Å². The predicted molar refractivity (Wildman–Crippen MR) is 119 cm³/mol. The smallest absolute Gasteiger partial charge is 0.263 e. The van der Waals surface area contributed by atoms with Crippen LogP contribution in [0.2, 0.25) is 0 Å². The molecule has 0 aliphatic carbocycles. The summed E-state index contributed by atoms with van der Waals surface area (Å²) in [6.45, 7) is 1.08. The van der Waals surface area contributed by atoms with Crippen molar-refractivity contribution >= 4 is 17.2 Å². The number of hydrogen-bond donors (Lipinski definition) is 1. The summed E-state index contributed by atoms with van der Waals surface area (Å²) in [4.78, 5) is 17.6. The number of amides is 1. The van der Waals surface area contributed by atoms with Crippen LogP contribution in [0.1, 0.15) is 10.4 Å². The van der Waals surface area contributed by atoms with Crippen LogP contribution in [0.3, 0.4) is 0 Å². The molecule has 8 heteroatoms. The summed E-state index contributed by atoms with van der Waals surface area (Å²) >= 11 is 0. The van der Waals surface area contributed by atoms with E-state index in [0.29, 0.717) is 41.7 Å². The minimum absolute atomic E-state index is 0.328. The minimum Gasteiger partial charge on any atom is -0.496 e. The van der Waals surface area contributed by atoms with E-state index in [1.807, 2.05) is 41.1 Å². The molecule has 1 aliphatic heterocycles. The van der Waals surface area contributed by atoms with Crippen LogP contribution in [0, 0.1) is 0 Å². The van der Waals surface area contributed by atoms with Gasteiger partial charge in [-0.25, -0.2) is 4.98 Å². The molecule has 0 saturated carbocycles. The molecule has 162 valence electrons. The van der Waals surface area contributed by atoms with Crippen molar-refractivity contribution < 1.29 is 23.7 Å². The first-order valence-corrected chi connectivity index (χ1v) is 10.1. The summed E-state index contributed by atoms with van der Waals surface area (Å²) in [5.74, 6) is 1.99. The van der Waals surface area contributed by atoms with Crippen LogP contribution < -0.4 is 24.3 Å². The van der Waals surface area contributed by atoms with Gasteiger partial charge in [0.2, 0.25) is 0 Å². The van der Waals surface area contributed by atoms with Gasteiger partial charge >= 0.3 is 0 Å². The topological polar surface area (TPSA) is 83.3 Å². The average molecular weight is 431 g/mol. The molecule has 0 radical (unpaired) electrons. The number of rotatable bonds is 5. The van der Waals surface area contributed by atoms with E-state index in [2.05, 4.69) is 10.3 Å². The zero-order chi connectivity index (χ0) is 22.1. The average Bonchev–Trinajstić information content (AvgIpc) is 3.26. The van der Waals surface area contributed by atoms with Gasteiger partial charge in [0.15, 0.2) is 11.5 Å². The van der Waals surface area contributed by atoms with Crippen molar-refractivity contribution in [3.8, 4) is 34.3 Å². The molecule has 1 amide bonds. The van der Waals surface area contributed by atoms with E-state index in [1.165, 1.54) is 14.2 Å². The fraction of sp³-hybridized carbons (Fsp3) is 0.167. The third-order valence-electron chi connectivity index (χ3n) is 5.20. The number of carbonyl (C=O) groups excluding carboxylic acids is 1. The number of imidazole rings is 1. The molecule has 0 saturated heterocycles. The highest BCUT2D eigenvalue weighted by Gasteiger charge is 2.19. The highest BCUT2D eigenvalue weighted by molar-refractivity contribution is 6.08. The third kappa shape index (κ3) is 3.56. The van der Waals surface area contributed by atoms with Gasteiger partial charge in [-0.15, -0.1) is 0 Å². The van der Waals surface area contributed by atoms with E-state index < -0.39 is 0 Å². The summed E-state index contributed by atoms with van der Waals surface area (Å²) < 4.78 is 23.8. The Hall–Kier alpha value is -4.20. The molecule has 0 fully saturated rings. The zero-order valence-corrected chi connectivity index (χ0v) is 17.6. The second kappa shape index (κ2) is 8.14. The molecular formula is C24H21N3O5. The quantitative estimate of drug-likeness (QED) is 0.514. The predicted octanol–water partition coefficient (Wildman–Crippen LogP) is 4.04. The molecule has 0 unspecified atom stereocenters. The van der Waals surface area contributed by atoms with Gasteiger partial charge in [-0.3, -0.25) is 4.79 Å². The van der Waals surface area contributed by atoms with E-state index in [9.17, 15) is 4.79 Å². The molecule has 2 aromatic carbocycles. The highest BCUT2D eigenvalue weighted by atomic mass is 16.6. The van der Waals surface area contributed by atoms with E-state index >= 15 is 0 Å². The van der Waals surface area contributed by atoms with E-state index in [4.69, 9.17) is 18.9 Å². The van der Waals surface area contributed by atoms with E-state index in [-0.39, 0.29) is 5.91 Å². The summed E-state index contributed by atoms with van der Waals surface area (Å²) in [5.41, 5.74) is 3.41. The SMILES string of the molecule is COc1cccc(OC)c1C(=O)Nc1ccc2nc(-c3ccc4c(c3)OCCO4)cn2c1. The molecule has 32 heavy (non-hydrogen) atoms. The number of nitrogens with one attached hydrogen (secondary N) is 1. The summed E-state index contributed by atoms with van der Waals surface area (Å²) in [7, 11) is 3.03. The minimum atomic E-state index is -0.328. The lowest BCUT2D eigenvalue weighted by atomic mass is 10.1. The van der Waals surface area contributed by atoms with Crippen LogP contribution >= 0.6 is 0 Å². The second-order valence-corrected chi connectivity index (χ2v) is 7.16. The van der Waals surface area contributed by atoms with Crippen LogP contribution in [0.4, 0.5) is 5.69 Å². The van der Waals surface area contributed by atoms with Crippen molar-refractivity contribution in [3.63, 3.8) is 0 Å². The van der Waals surface area contributed by atoms with E-state index in [1.54, 1.807) is 24.3 Å². The number of fused-ring (bicyclic) bond motifs is 2. The second-order valence-electron chi connectivity index (χ2n) is 7.16. The Morgan fingerprint density at radius 1 is 0.969 bits per heavy atom. The fourth-order valence-electron chi connectivity index (χ4n) is 3.68. The number of carbonyl (C=O) groups is 1. The van der Waals surface area contributed by atoms with Crippen molar-refractivity contribution in [2.45, 2.75) is 0 Å². The molecule has 4 aromatic rings. The number of ether oxygens (including phenoxy) is 4. The Labute approximate surface area is 184 Å². The lowest BCUT2D eigenvalue weighted by Crippen LogP contribution is -2.15. The molecule has 5 rings (SSSR count). The zero-order valence-electron chi connectivity index (χ0n) is 17.6. The summed E-state index contributed by atoms with van der Waals surface area (Å²) in [6.07, 6.45) is 3.71. The maximum absolute atomic E-state index is 13.0. The fourth-order valence-corrected chi connectivity index (χ4v) is 3.68. The van der Waals surface area contributed by atoms with Crippen LogP contribution in [0.5, 0.6) is 23.0 Å². The van der Waals surface area contributed by atoms with Crippen LogP contribution in [0.15, 0.2) is 60.9 Å². The third-order valence-corrected chi connectivity index (χ3v) is 5.20. The molecular weight excluding hydrogens is 410 g/mol. The molecule has 1 aliphatic rings. The number of benzene rings is 2. The summed E-state index contributed by atoms with van der Waals surface area (Å²) in [5, 5.41) is 2.91. The monoisotopic (exact) mass is 431 g/mol. The van der Waals surface area contributed by atoms with Crippen molar-refractivity contribution in [2.24, 2.45) is 0 Å². The first-order valence-electron chi connectivity index (χ1n) is 10.1. The molecule has 2 aromatic heterocycles. The lowest BCUT2D eigenvalue weighted by Gasteiger charge is -2.18. The number of pyridine rings is 1. The number of hydrogen-bond acceptors (Lipinski definition) is 6. The molecule has 0 spiro atoms. The molecule has 3 heterocycles.